The Morgan fingerprint density at radius 1 is 1.62 bits per heavy atom. The first-order chi connectivity index (χ1) is 6.33. The molecule has 0 atom stereocenters. The average Bonchev–Trinajstić information content (AvgIpc) is 2.57. The molecule has 0 aromatic heterocycles. The molecular weight excluding hydrogens is 172 g/mol. The summed E-state index contributed by atoms with van der Waals surface area (Å²) in [7, 11) is 1.56. The maximum Gasteiger partial charge on any atom is 0.334 e. The summed E-state index contributed by atoms with van der Waals surface area (Å²) in [6.07, 6.45) is 3.22. The van der Waals surface area contributed by atoms with Crippen LogP contribution in [0.2, 0.25) is 0 Å². The summed E-state index contributed by atoms with van der Waals surface area (Å²) in [5.74, 6) is 0.372. The molecule has 0 aromatic rings. The highest BCUT2D eigenvalue weighted by Crippen LogP contribution is 2.15. The van der Waals surface area contributed by atoms with E-state index < -0.39 is 0 Å². The van der Waals surface area contributed by atoms with Crippen molar-refractivity contribution in [3.63, 3.8) is 0 Å². The third-order valence-electron chi connectivity index (χ3n) is 1.67. The maximum absolute atomic E-state index is 11.0. The molecule has 0 saturated carbocycles. The van der Waals surface area contributed by atoms with Crippen LogP contribution in [0.5, 0.6) is 0 Å². The molecule has 13 heavy (non-hydrogen) atoms. The predicted octanol–water partition coefficient (Wildman–Crippen LogP) is 0.870. The van der Waals surface area contributed by atoms with Crippen molar-refractivity contribution < 1.29 is 19.0 Å². The molecule has 0 aromatic carbocycles. The van der Waals surface area contributed by atoms with Crippen molar-refractivity contribution >= 4 is 5.97 Å². The molecule has 4 nitrogen and oxygen atoms in total. The molecular formula is C9H14O4. The molecule has 4 heteroatoms. The van der Waals surface area contributed by atoms with Crippen molar-refractivity contribution in [3.8, 4) is 0 Å². The van der Waals surface area contributed by atoms with Crippen LogP contribution in [0.3, 0.4) is 0 Å². The monoisotopic (exact) mass is 186 g/mol. The number of hydrogen-bond donors (Lipinski definition) is 0. The fourth-order valence-electron chi connectivity index (χ4n) is 1.03. The number of hydrogen-bond acceptors (Lipinski definition) is 4. The maximum atomic E-state index is 11.0. The van der Waals surface area contributed by atoms with Crippen LogP contribution in [0, 0.1) is 0 Å². The molecule has 0 unspecified atom stereocenters. The Bertz CT molecular complexity index is 190. The molecule has 0 bridgehead atoms. The SMILES string of the molecule is COCCOC(=O)/C=C1/CCCO1. The van der Waals surface area contributed by atoms with Crippen LogP contribution in [0.1, 0.15) is 12.8 Å². The molecule has 1 saturated heterocycles. The van der Waals surface area contributed by atoms with E-state index in [2.05, 4.69) is 0 Å². The van der Waals surface area contributed by atoms with Gasteiger partial charge in [-0.25, -0.2) is 4.79 Å². The summed E-state index contributed by atoms with van der Waals surface area (Å²) in [5, 5.41) is 0. The van der Waals surface area contributed by atoms with E-state index >= 15 is 0 Å². The van der Waals surface area contributed by atoms with Crippen LogP contribution in [-0.4, -0.2) is 32.9 Å². The summed E-state index contributed by atoms with van der Waals surface area (Å²) in [4.78, 5) is 11.0. The summed E-state index contributed by atoms with van der Waals surface area (Å²) in [6, 6.07) is 0. The van der Waals surface area contributed by atoms with Crippen LogP contribution >= 0.6 is 0 Å². The smallest absolute Gasteiger partial charge is 0.334 e. The number of allylic oxidation sites excluding steroid dienone is 1. The molecule has 1 fully saturated rings. The first-order valence-corrected chi connectivity index (χ1v) is 4.32. The Hall–Kier alpha value is -1.03. The van der Waals surface area contributed by atoms with Gasteiger partial charge in [-0.2, -0.15) is 0 Å². The molecule has 1 heterocycles. The van der Waals surface area contributed by atoms with Gasteiger partial charge in [0.15, 0.2) is 0 Å². The number of methoxy groups -OCH3 is 1. The minimum atomic E-state index is -0.353. The fraction of sp³-hybridized carbons (Fsp3) is 0.667. The third kappa shape index (κ3) is 3.94. The van der Waals surface area contributed by atoms with E-state index in [-0.39, 0.29) is 5.97 Å². The number of rotatable bonds is 4. The molecule has 0 radical (unpaired) electrons. The van der Waals surface area contributed by atoms with Gasteiger partial charge in [-0.15, -0.1) is 0 Å². The van der Waals surface area contributed by atoms with E-state index in [0.29, 0.717) is 19.8 Å². The molecule has 1 aliphatic rings. The molecule has 0 aliphatic carbocycles. The summed E-state index contributed by atoms with van der Waals surface area (Å²) in [5.41, 5.74) is 0. The third-order valence-corrected chi connectivity index (χ3v) is 1.67. The van der Waals surface area contributed by atoms with Crippen LogP contribution < -0.4 is 0 Å². The first-order valence-electron chi connectivity index (χ1n) is 4.32. The van der Waals surface area contributed by atoms with Gasteiger partial charge in [0, 0.05) is 13.5 Å². The minimum absolute atomic E-state index is 0.291. The Kier molecular flexibility index (Phi) is 4.32. The fourth-order valence-corrected chi connectivity index (χ4v) is 1.03. The quantitative estimate of drug-likeness (QED) is 0.371. The lowest BCUT2D eigenvalue weighted by Crippen LogP contribution is -2.07. The number of carbonyl (C=O) groups is 1. The van der Waals surface area contributed by atoms with Gasteiger partial charge in [-0.05, 0) is 6.42 Å². The zero-order chi connectivity index (χ0) is 9.52. The highest BCUT2D eigenvalue weighted by atomic mass is 16.6. The van der Waals surface area contributed by atoms with Crippen LogP contribution in [0.15, 0.2) is 11.8 Å². The van der Waals surface area contributed by atoms with Gasteiger partial charge in [0.25, 0.3) is 0 Å². The van der Waals surface area contributed by atoms with Gasteiger partial charge in [-0.1, -0.05) is 0 Å². The molecule has 0 amide bonds. The molecule has 0 spiro atoms. The predicted molar refractivity (Wildman–Crippen MR) is 46.1 cm³/mol. The van der Waals surface area contributed by atoms with Gasteiger partial charge in [0.1, 0.15) is 12.4 Å². The van der Waals surface area contributed by atoms with Crippen LogP contribution in [0.25, 0.3) is 0 Å². The summed E-state index contributed by atoms with van der Waals surface area (Å²) >= 11 is 0. The van der Waals surface area contributed by atoms with Gasteiger partial charge in [0.2, 0.25) is 0 Å². The van der Waals surface area contributed by atoms with E-state index in [1.165, 1.54) is 6.08 Å². The number of ether oxygens (including phenoxy) is 3. The average molecular weight is 186 g/mol. The van der Waals surface area contributed by atoms with E-state index in [9.17, 15) is 4.79 Å². The van der Waals surface area contributed by atoms with Gasteiger partial charge >= 0.3 is 5.97 Å². The highest BCUT2D eigenvalue weighted by Gasteiger charge is 2.09. The largest absolute Gasteiger partial charge is 0.498 e. The second-order valence-corrected chi connectivity index (χ2v) is 2.72. The summed E-state index contributed by atoms with van der Waals surface area (Å²) in [6.45, 7) is 1.42. The second kappa shape index (κ2) is 5.59. The topological polar surface area (TPSA) is 44.8 Å². The second-order valence-electron chi connectivity index (χ2n) is 2.72. The number of carbonyl (C=O) groups excluding carboxylic acids is 1. The van der Waals surface area contributed by atoms with E-state index in [1.54, 1.807) is 7.11 Å². The van der Waals surface area contributed by atoms with E-state index in [1.807, 2.05) is 0 Å². The molecule has 74 valence electrons. The summed E-state index contributed by atoms with van der Waals surface area (Å²) < 4.78 is 14.7. The number of esters is 1. The van der Waals surface area contributed by atoms with Crippen LogP contribution in [-0.2, 0) is 19.0 Å². The van der Waals surface area contributed by atoms with Crippen molar-refractivity contribution in [2.75, 3.05) is 26.9 Å². The van der Waals surface area contributed by atoms with Gasteiger partial charge < -0.3 is 14.2 Å². The molecule has 0 N–H and O–H groups in total. The highest BCUT2D eigenvalue weighted by molar-refractivity contribution is 5.82. The Morgan fingerprint density at radius 3 is 3.08 bits per heavy atom. The lowest BCUT2D eigenvalue weighted by molar-refractivity contribution is -0.139. The Balaban J connectivity index is 2.19. The van der Waals surface area contributed by atoms with Gasteiger partial charge in [-0.3, -0.25) is 0 Å². The van der Waals surface area contributed by atoms with Crippen molar-refractivity contribution in [3.05, 3.63) is 11.8 Å². The molecule has 1 aliphatic heterocycles. The van der Waals surface area contributed by atoms with Gasteiger partial charge in [0.05, 0.1) is 19.3 Å². The van der Waals surface area contributed by atoms with Crippen molar-refractivity contribution in [2.24, 2.45) is 0 Å². The Morgan fingerprint density at radius 2 is 2.46 bits per heavy atom. The van der Waals surface area contributed by atoms with E-state index in [0.717, 1.165) is 18.6 Å². The lowest BCUT2D eigenvalue weighted by atomic mass is 10.3. The normalized spacial score (nSPS) is 18.7. The lowest BCUT2D eigenvalue weighted by Gasteiger charge is -2.01. The van der Waals surface area contributed by atoms with Crippen molar-refractivity contribution in [1.29, 1.82) is 0 Å². The molecule has 1 rings (SSSR count). The standard InChI is InChI=1S/C9H14O4/c1-11-5-6-13-9(10)7-8-3-2-4-12-8/h7H,2-6H2,1H3/b8-7-. The first kappa shape index (κ1) is 10.1. The van der Waals surface area contributed by atoms with Crippen molar-refractivity contribution in [2.45, 2.75) is 12.8 Å². The zero-order valence-corrected chi connectivity index (χ0v) is 7.75. The van der Waals surface area contributed by atoms with Crippen molar-refractivity contribution in [1.82, 2.24) is 0 Å². The zero-order valence-electron chi connectivity index (χ0n) is 7.75. The van der Waals surface area contributed by atoms with E-state index in [4.69, 9.17) is 14.2 Å². The van der Waals surface area contributed by atoms with Crippen LogP contribution in [0.4, 0.5) is 0 Å². The Labute approximate surface area is 77.5 Å². The minimum Gasteiger partial charge on any atom is -0.498 e.